The summed E-state index contributed by atoms with van der Waals surface area (Å²) in [6, 6.07) is 2.03. The molecule has 5 nitrogen and oxygen atoms in total. The second-order valence-electron chi connectivity index (χ2n) is 4.59. The average Bonchev–Trinajstić information content (AvgIpc) is 2.29. The molecule has 1 heterocycles. The van der Waals surface area contributed by atoms with Crippen molar-refractivity contribution < 1.29 is 9.90 Å². The number of nitriles is 1. The van der Waals surface area contributed by atoms with Crippen LogP contribution in [0.1, 0.15) is 13.8 Å². The van der Waals surface area contributed by atoms with Crippen LogP contribution in [0.2, 0.25) is 0 Å². The summed E-state index contributed by atoms with van der Waals surface area (Å²) in [4.78, 5) is 15.8. The van der Waals surface area contributed by atoms with Crippen LogP contribution in [0.15, 0.2) is 0 Å². The maximum atomic E-state index is 12.0. The number of piperazine rings is 1. The summed E-state index contributed by atoms with van der Waals surface area (Å²) < 4.78 is 0. The quantitative estimate of drug-likeness (QED) is 0.714. The maximum Gasteiger partial charge on any atom is 0.242 e. The van der Waals surface area contributed by atoms with Crippen molar-refractivity contribution in [3.05, 3.63) is 0 Å². The fourth-order valence-corrected chi connectivity index (χ4v) is 1.76. The highest BCUT2D eigenvalue weighted by Gasteiger charge is 2.33. The van der Waals surface area contributed by atoms with Crippen LogP contribution >= 0.6 is 0 Å². The fraction of sp³-hybridized carbons (Fsp3) is 0.818. The molecule has 0 radical (unpaired) electrons. The topological polar surface area (TPSA) is 67.6 Å². The molecule has 0 atom stereocenters. The molecule has 1 saturated heterocycles. The van der Waals surface area contributed by atoms with E-state index >= 15 is 0 Å². The van der Waals surface area contributed by atoms with Gasteiger partial charge in [-0.15, -0.1) is 0 Å². The molecule has 1 amide bonds. The lowest BCUT2D eigenvalue weighted by Gasteiger charge is -2.36. The average molecular weight is 225 g/mol. The van der Waals surface area contributed by atoms with Gasteiger partial charge in [-0.2, -0.15) is 5.26 Å². The Morgan fingerprint density at radius 3 is 2.38 bits per heavy atom. The molecule has 0 aliphatic carbocycles. The molecule has 5 heteroatoms. The number of nitrogens with zero attached hydrogens (tertiary/aromatic N) is 3. The van der Waals surface area contributed by atoms with E-state index in [0.717, 1.165) is 13.1 Å². The zero-order valence-electron chi connectivity index (χ0n) is 9.94. The second kappa shape index (κ2) is 5.28. The van der Waals surface area contributed by atoms with Crippen LogP contribution in [0.4, 0.5) is 0 Å². The molecule has 0 bridgehead atoms. The lowest BCUT2D eigenvalue weighted by Crippen LogP contribution is -2.52. The molecule has 0 unspecified atom stereocenters. The van der Waals surface area contributed by atoms with Gasteiger partial charge in [0.15, 0.2) is 0 Å². The van der Waals surface area contributed by atoms with E-state index in [4.69, 9.17) is 10.4 Å². The van der Waals surface area contributed by atoms with Gasteiger partial charge >= 0.3 is 0 Å². The first-order valence-corrected chi connectivity index (χ1v) is 5.55. The molecule has 1 N–H and O–H groups in total. The molecule has 16 heavy (non-hydrogen) atoms. The first-order valence-electron chi connectivity index (χ1n) is 5.55. The molecule has 90 valence electrons. The van der Waals surface area contributed by atoms with Crippen LogP contribution in [0, 0.1) is 16.7 Å². The van der Waals surface area contributed by atoms with Crippen LogP contribution in [0.25, 0.3) is 0 Å². The first kappa shape index (κ1) is 12.9. The van der Waals surface area contributed by atoms with Crippen molar-refractivity contribution in [1.82, 2.24) is 9.80 Å². The molecular formula is C11H19N3O2. The van der Waals surface area contributed by atoms with Crippen LogP contribution in [-0.4, -0.2) is 60.1 Å². The number of amides is 1. The van der Waals surface area contributed by atoms with Gasteiger partial charge in [-0.25, -0.2) is 0 Å². The second-order valence-corrected chi connectivity index (χ2v) is 4.59. The molecule has 0 saturated carbocycles. The van der Waals surface area contributed by atoms with Crippen molar-refractivity contribution in [2.24, 2.45) is 5.41 Å². The Morgan fingerprint density at radius 1 is 1.38 bits per heavy atom. The van der Waals surface area contributed by atoms with Gasteiger partial charge in [-0.1, -0.05) is 0 Å². The van der Waals surface area contributed by atoms with E-state index in [-0.39, 0.29) is 12.5 Å². The van der Waals surface area contributed by atoms with Gasteiger partial charge in [0.05, 0.1) is 12.7 Å². The molecule has 1 aliphatic rings. The number of hydrogen-bond acceptors (Lipinski definition) is 4. The standard InChI is InChI=1S/C11H19N3O2/c1-11(2,9-12)10(16)14-5-3-13(4-6-14)7-8-15/h15H,3-8H2,1-2H3. The largest absolute Gasteiger partial charge is 0.395 e. The summed E-state index contributed by atoms with van der Waals surface area (Å²) >= 11 is 0. The van der Waals surface area contributed by atoms with Gasteiger partial charge in [0.1, 0.15) is 5.41 Å². The molecule has 1 fully saturated rings. The normalized spacial score (nSPS) is 18.2. The minimum absolute atomic E-state index is 0.0985. The fourth-order valence-electron chi connectivity index (χ4n) is 1.76. The third kappa shape index (κ3) is 2.94. The number of aliphatic hydroxyl groups excluding tert-OH is 1. The molecule has 0 aromatic rings. The van der Waals surface area contributed by atoms with Crippen molar-refractivity contribution in [2.75, 3.05) is 39.3 Å². The Bertz CT molecular complexity index is 288. The third-order valence-corrected chi connectivity index (χ3v) is 2.89. The highest BCUT2D eigenvalue weighted by molar-refractivity contribution is 5.84. The van der Waals surface area contributed by atoms with Gasteiger partial charge in [-0.3, -0.25) is 9.69 Å². The summed E-state index contributed by atoms with van der Waals surface area (Å²) in [5.74, 6) is -0.0985. The molecule has 0 aromatic carbocycles. The molecule has 0 aromatic heterocycles. The van der Waals surface area contributed by atoms with E-state index in [1.807, 2.05) is 6.07 Å². The van der Waals surface area contributed by atoms with Crippen molar-refractivity contribution in [3.63, 3.8) is 0 Å². The predicted octanol–water partition coefficient (Wildman–Crippen LogP) is -0.327. The molecule has 0 spiro atoms. The lowest BCUT2D eigenvalue weighted by atomic mass is 9.93. The van der Waals surface area contributed by atoms with E-state index in [1.165, 1.54) is 0 Å². The Balaban J connectivity index is 2.49. The molecular weight excluding hydrogens is 206 g/mol. The SMILES string of the molecule is CC(C)(C#N)C(=O)N1CCN(CCO)CC1. The van der Waals surface area contributed by atoms with Crippen LogP contribution < -0.4 is 0 Å². The number of rotatable bonds is 3. The van der Waals surface area contributed by atoms with Gasteiger partial charge in [-0.05, 0) is 13.8 Å². The van der Waals surface area contributed by atoms with E-state index in [2.05, 4.69) is 4.90 Å². The maximum absolute atomic E-state index is 12.0. The van der Waals surface area contributed by atoms with Crippen LogP contribution in [-0.2, 0) is 4.79 Å². The van der Waals surface area contributed by atoms with Crippen molar-refractivity contribution >= 4 is 5.91 Å². The highest BCUT2D eigenvalue weighted by atomic mass is 16.3. The Hall–Kier alpha value is -1.12. The Kier molecular flexibility index (Phi) is 4.27. The van der Waals surface area contributed by atoms with Crippen molar-refractivity contribution in [2.45, 2.75) is 13.8 Å². The molecule has 1 rings (SSSR count). The number of hydrogen-bond donors (Lipinski definition) is 1. The van der Waals surface area contributed by atoms with E-state index in [9.17, 15) is 4.79 Å². The summed E-state index contributed by atoms with van der Waals surface area (Å²) in [5, 5.41) is 17.7. The van der Waals surface area contributed by atoms with Gasteiger partial charge in [0, 0.05) is 32.7 Å². The number of carbonyl (C=O) groups is 1. The predicted molar refractivity (Wildman–Crippen MR) is 59.5 cm³/mol. The zero-order chi connectivity index (χ0) is 12.2. The van der Waals surface area contributed by atoms with Gasteiger partial charge in [0.2, 0.25) is 5.91 Å². The van der Waals surface area contributed by atoms with Crippen molar-refractivity contribution in [3.8, 4) is 6.07 Å². The summed E-state index contributed by atoms with van der Waals surface area (Å²) in [6.07, 6.45) is 0. The minimum atomic E-state index is -0.931. The Morgan fingerprint density at radius 2 is 1.94 bits per heavy atom. The van der Waals surface area contributed by atoms with E-state index < -0.39 is 5.41 Å². The number of β-amino-alcohol motifs (C(OH)–C–C–N with tert-alkyl or cyclic N) is 1. The summed E-state index contributed by atoms with van der Waals surface area (Å²) in [7, 11) is 0. The third-order valence-electron chi connectivity index (χ3n) is 2.89. The minimum Gasteiger partial charge on any atom is -0.395 e. The van der Waals surface area contributed by atoms with Gasteiger partial charge in [0.25, 0.3) is 0 Å². The molecule has 1 aliphatic heterocycles. The Labute approximate surface area is 96.3 Å². The number of carbonyl (C=O) groups excluding carboxylic acids is 1. The summed E-state index contributed by atoms with van der Waals surface area (Å²) in [5.41, 5.74) is -0.931. The highest BCUT2D eigenvalue weighted by Crippen LogP contribution is 2.18. The number of aliphatic hydroxyl groups is 1. The summed E-state index contributed by atoms with van der Waals surface area (Å²) in [6.45, 7) is 6.93. The van der Waals surface area contributed by atoms with E-state index in [1.54, 1.807) is 18.7 Å². The van der Waals surface area contributed by atoms with Gasteiger partial charge < -0.3 is 10.0 Å². The first-order chi connectivity index (χ1) is 7.51. The zero-order valence-corrected chi connectivity index (χ0v) is 9.94. The lowest BCUT2D eigenvalue weighted by molar-refractivity contribution is -0.139. The monoisotopic (exact) mass is 225 g/mol. The van der Waals surface area contributed by atoms with Crippen LogP contribution in [0.3, 0.4) is 0 Å². The smallest absolute Gasteiger partial charge is 0.242 e. The van der Waals surface area contributed by atoms with E-state index in [0.29, 0.717) is 19.6 Å². The van der Waals surface area contributed by atoms with Crippen LogP contribution in [0.5, 0.6) is 0 Å². The van der Waals surface area contributed by atoms with Crippen molar-refractivity contribution in [1.29, 1.82) is 5.26 Å².